The van der Waals surface area contributed by atoms with Crippen LogP contribution in [0.15, 0.2) is 24.3 Å². The molecule has 0 saturated heterocycles. The van der Waals surface area contributed by atoms with E-state index in [0.717, 1.165) is 12.1 Å². The summed E-state index contributed by atoms with van der Waals surface area (Å²) >= 11 is 6.18. The summed E-state index contributed by atoms with van der Waals surface area (Å²) in [5, 5.41) is 2.96. The molecule has 1 aromatic carbocycles. The number of amides is 1. The number of hydrogen-bond acceptors (Lipinski definition) is 4. The van der Waals surface area contributed by atoms with E-state index in [1.54, 1.807) is 12.1 Å². The number of rotatable bonds is 6. The number of halogens is 4. The normalized spacial score (nSPS) is 11.2. The third-order valence-corrected chi connectivity index (χ3v) is 3.93. The summed E-state index contributed by atoms with van der Waals surface area (Å²) < 4.78 is 48.7. The van der Waals surface area contributed by atoms with E-state index in [2.05, 4.69) is 10.3 Å². The molecule has 1 aromatic heterocycles. The van der Waals surface area contributed by atoms with Crippen LogP contribution in [0.5, 0.6) is 11.5 Å². The molecule has 0 aliphatic heterocycles. The van der Waals surface area contributed by atoms with Gasteiger partial charge < -0.3 is 14.8 Å². The zero-order valence-electron chi connectivity index (χ0n) is 14.9. The number of benzene rings is 1. The number of nitrogens with one attached hydrogen (secondary N) is 1. The van der Waals surface area contributed by atoms with Crippen molar-refractivity contribution < 1.29 is 27.4 Å². The molecule has 1 amide bonds. The number of pyridine rings is 1. The third-order valence-electron chi connectivity index (χ3n) is 3.65. The molecule has 0 fully saturated rings. The first-order chi connectivity index (χ1) is 12.7. The summed E-state index contributed by atoms with van der Waals surface area (Å²) in [7, 11) is 1.47. The molecule has 0 radical (unpaired) electrons. The van der Waals surface area contributed by atoms with Crippen LogP contribution in [0.3, 0.4) is 0 Å². The monoisotopic (exact) mass is 402 g/mol. The van der Waals surface area contributed by atoms with Crippen molar-refractivity contribution in [2.45, 2.75) is 26.6 Å². The van der Waals surface area contributed by atoms with Crippen LogP contribution in [0.25, 0.3) is 0 Å². The van der Waals surface area contributed by atoms with Gasteiger partial charge in [0, 0.05) is 6.54 Å². The van der Waals surface area contributed by atoms with Crippen molar-refractivity contribution in [1.82, 2.24) is 10.3 Å². The van der Waals surface area contributed by atoms with Gasteiger partial charge in [-0.1, -0.05) is 11.6 Å². The zero-order chi connectivity index (χ0) is 20.2. The maximum absolute atomic E-state index is 12.7. The third kappa shape index (κ3) is 5.03. The van der Waals surface area contributed by atoms with Crippen LogP contribution in [0.1, 0.15) is 34.2 Å². The fourth-order valence-electron chi connectivity index (χ4n) is 2.40. The number of carbonyl (C=O) groups excluding carboxylic acids is 1. The zero-order valence-corrected chi connectivity index (χ0v) is 15.7. The summed E-state index contributed by atoms with van der Waals surface area (Å²) in [6.45, 7) is 3.67. The molecule has 9 heteroatoms. The molecule has 2 rings (SSSR count). The molecule has 1 heterocycles. The second kappa shape index (κ2) is 8.47. The number of hydrogen-bond donors (Lipinski definition) is 1. The summed E-state index contributed by atoms with van der Waals surface area (Å²) in [6.07, 6.45) is -4.56. The summed E-state index contributed by atoms with van der Waals surface area (Å²) in [5.74, 6) is 0.276. The highest BCUT2D eigenvalue weighted by Crippen LogP contribution is 2.36. The standard InChI is InChI=1S/C18H18ClF3N2O3/c1-4-27-16-13(19)7-11(8-14(16)26-3)9-23-17(25)12-5-6-15(18(20,21)22)24-10(12)2/h5-8H,4,9H2,1-3H3,(H,23,25). The van der Waals surface area contributed by atoms with Gasteiger partial charge >= 0.3 is 6.18 Å². The molecule has 2 aromatic rings. The average molecular weight is 403 g/mol. The minimum absolute atomic E-state index is 0.00960. The number of aryl methyl sites for hydroxylation is 1. The van der Waals surface area contributed by atoms with E-state index in [-0.39, 0.29) is 17.8 Å². The van der Waals surface area contributed by atoms with Crippen molar-refractivity contribution in [1.29, 1.82) is 0 Å². The second-order valence-electron chi connectivity index (χ2n) is 5.55. The lowest BCUT2D eigenvalue weighted by molar-refractivity contribution is -0.141. The van der Waals surface area contributed by atoms with Gasteiger partial charge in [0.15, 0.2) is 11.5 Å². The second-order valence-corrected chi connectivity index (χ2v) is 5.96. The molecule has 0 spiro atoms. The van der Waals surface area contributed by atoms with Gasteiger partial charge in [0.05, 0.1) is 30.0 Å². The van der Waals surface area contributed by atoms with E-state index in [1.807, 2.05) is 6.92 Å². The van der Waals surface area contributed by atoms with Crippen molar-refractivity contribution in [3.63, 3.8) is 0 Å². The Morgan fingerprint density at radius 2 is 2.00 bits per heavy atom. The van der Waals surface area contributed by atoms with E-state index in [4.69, 9.17) is 21.1 Å². The Morgan fingerprint density at radius 1 is 1.30 bits per heavy atom. The molecule has 0 aliphatic carbocycles. The smallest absolute Gasteiger partial charge is 0.433 e. The largest absolute Gasteiger partial charge is 0.493 e. The predicted molar refractivity (Wildman–Crippen MR) is 94.3 cm³/mol. The highest BCUT2D eigenvalue weighted by atomic mass is 35.5. The summed E-state index contributed by atoms with van der Waals surface area (Å²) in [6, 6.07) is 5.16. The van der Waals surface area contributed by atoms with Crippen molar-refractivity contribution in [3.05, 3.63) is 51.8 Å². The topological polar surface area (TPSA) is 60.5 Å². The van der Waals surface area contributed by atoms with Crippen LogP contribution in [0.2, 0.25) is 5.02 Å². The van der Waals surface area contributed by atoms with Crippen LogP contribution in [0.4, 0.5) is 13.2 Å². The van der Waals surface area contributed by atoms with Crippen LogP contribution >= 0.6 is 11.6 Å². The summed E-state index contributed by atoms with van der Waals surface area (Å²) in [4.78, 5) is 15.7. The van der Waals surface area contributed by atoms with Crippen molar-refractivity contribution in [2.24, 2.45) is 0 Å². The minimum Gasteiger partial charge on any atom is -0.493 e. The minimum atomic E-state index is -4.56. The van der Waals surface area contributed by atoms with Gasteiger partial charge in [-0.15, -0.1) is 0 Å². The van der Waals surface area contributed by atoms with Crippen LogP contribution in [0, 0.1) is 6.92 Å². The van der Waals surface area contributed by atoms with E-state index in [9.17, 15) is 18.0 Å². The van der Waals surface area contributed by atoms with E-state index in [0.29, 0.717) is 28.7 Å². The fourth-order valence-corrected chi connectivity index (χ4v) is 2.68. The first kappa shape index (κ1) is 20.8. The fraction of sp³-hybridized carbons (Fsp3) is 0.333. The van der Waals surface area contributed by atoms with E-state index < -0.39 is 17.8 Å². The Hall–Kier alpha value is -2.48. The highest BCUT2D eigenvalue weighted by Gasteiger charge is 2.33. The Bertz CT molecular complexity index is 841. The number of carbonyl (C=O) groups is 1. The van der Waals surface area contributed by atoms with Gasteiger partial charge in [-0.05, 0) is 43.7 Å². The maximum atomic E-state index is 12.7. The lowest BCUT2D eigenvalue weighted by Crippen LogP contribution is -2.24. The maximum Gasteiger partial charge on any atom is 0.433 e. The molecule has 0 unspecified atom stereocenters. The molecule has 0 aliphatic rings. The van der Waals surface area contributed by atoms with Crippen molar-refractivity contribution >= 4 is 17.5 Å². The molecule has 146 valence electrons. The molecule has 27 heavy (non-hydrogen) atoms. The molecule has 0 atom stereocenters. The Labute approximate surface area is 159 Å². The molecule has 0 bridgehead atoms. The Balaban J connectivity index is 2.15. The molecule has 0 saturated carbocycles. The lowest BCUT2D eigenvalue weighted by Gasteiger charge is -2.14. The lowest BCUT2D eigenvalue weighted by atomic mass is 10.1. The predicted octanol–water partition coefficient (Wildman–Crippen LogP) is 4.40. The van der Waals surface area contributed by atoms with Gasteiger partial charge in [0.2, 0.25) is 0 Å². The number of nitrogens with zero attached hydrogens (tertiary/aromatic N) is 1. The molecule has 1 N–H and O–H groups in total. The molecular formula is C18H18ClF3N2O3. The molecule has 5 nitrogen and oxygen atoms in total. The number of aromatic nitrogens is 1. The Kier molecular flexibility index (Phi) is 6.54. The highest BCUT2D eigenvalue weighted by molar-refractivity contribution is 6.32. The van der Waals surface area contributed by atoms with Gasteiger partial charge in [-0.25, -0.2) is 4.98 Å². The number of ether oxygens (including phenoxy) is 2. The first-order valence-corrected chi connectivity index (χ1v) is 8.37. The number of methoxy groups -OCH3 is 1. The van der Waals surface area contributed by atoms with Gasteiger partial charge in [-0.3, -0.25) is 4.79 Å². The van der Waals surface area contributed by atoms with E-state index >= 15 is 0 Å². The number of alkyl halides is 3. The Morgan fingerprint density at radius 3 is 2.56 bits per heavy atom. The van der Waals surface area contributed by atoms with Crippen molar-refractivity contribution in [2.75, 3.05) is 13.7 Å². The van der Waals surface area contributed by atoms with Crippen LogP contribution < -0.4 is 14.8 Å². The molecular weight excluding hydrogens is 385 g/mol. The van der Waals surface area contributed by atoms with Gasteiger partial charge in [0.25, 0.3) is 5.91 Å². The SMILES string of the molecule is CCOc1c(Cl)cc(CNC(=O)c2ccc(C(F)(F)F)nc2C)cc1OC. The van der Waals surface area contributed by atoms with E-state index in [1.165, 1.54) is 14.0 Å². The van der Waals surface area contributed by atoms with Gasteiger partial charge in [-0.2, -0.15) is 13.2 Å². The van der Waals surface area contributed by atoms with Crippen LogP contribution in [-0.4, -0.2) is 24.6 Å². The van der Waals surface area contributed by atoms with Crippen LogP contribution in [-0.2, 0) is 12.7 Å². The van der Waals surface area contributed by atoms with Crippen molar-refractivity contribution in [3.8, 4) is 11.5 Å². The quantitative estimate of drug-likeness (QED) is 0.778. The average Bonchev–Trinajstić information content (AvgIpc) is 2.60. The van der Waals surface area contributed by atoms with Gasteiger partial charge in [0.1, 0.15) is 5.69 Å². The first-order valence-electron chi connectivity index (χ1n) is 7.99. The summed E-state index contributed by atoms with van der Waals surface area (Å²) in [5.41, 5.74) is -0.345.